The Labute approximate surface area is 159 Å². The van der Waals surface area contributed by atoms with Crippen LogP contribution in [-0.4, -0.2) is 43.5 Å². The van der Waals surface area contributed by atoms with E-state index >= 15 is 0 Å². The summed E-state index contributed by atoms with van der Waals surface area (Å²) in [6.07, 6.45) is 1.63. The molecule has 6 nitrogen and oxygen atoms in total. The molecule has 3 heterocycles. The molecule has 1 amide bonds. The SMILES string of the molecule is CCn1nc(C)cc1C(=O)N1CCc2c(-c3ccccc3)nn(C)c2CC1. The second kappa shape index (κ2) is 7.02. The van der Waals surface area contributed by atoms with Crippen LogP contribution in [0.2, 0.25) is 0 Å². The van der Waals surface area contributed by atoms with Crippen molar-refractivity contribution in [3.05, 3.63) is 59.0 Å². The van der Waals surface area contributed by atoms with E-state index in [1.54, 1.807) is 4.68 Å². The van der Waals surface area contributed by atoms with E-state index in [0.29, 0.717) is 25.3 Å². The molecule has 0 saturated heterocycles. The maximum Gasteiger partial charge on any atom is 0.272 e. The van der Waals surface area contributed by atoms with Crippen LogP contribution >= 0.6 is 0 Å². The third kappa shape index (κ3) is 3.16. The maximum atomic E-state index is 13.1. The molecule has 1 aliphatic rings. The van der Waals surface area contributed by atoms with Crippen LogP contribution in [0.25, 0.3) is 11.3 Å². The zero-order chi connectivity index (χ0) is 19.0. The number of hydrogen-bond donors (Lipinski definition) is 0. The molecule has 2 aromatic heterocycles. The molecule has 0 atom stereocenters. The summed E-state index contributed by atoms with van der Waals surface area (Å²) in [6.45, 7) is 6.04. The first-order chi connectivity index (χ1) is 13.1. The van der Waals surface area contributed by atoms with Crippen LogP contribution in [0.4, 0.5) is 0 Å². The van der Waals surface area contributed by atoms with Crippen LogP contribution in [0, 0.1) is 6.92 Å². The summed E-state index contributed by atoms with van der Waals surface area (Å²) in [7, 11) is 2.00. The summed E-state index contributed by atoms with van der Waals surface area (Å²) in [5, 5.41) is 9.18. The fourth-order valence-corrected chi connectivity index (χ4v) is 3.93. The molecular weight excluding hydrogens is 338 g/mol. The van der Waals surface area contributed by atoms with Gasteiger partial charge in [0, 0.05) is 49.9 Å². The molecule has 0 spiro atoms. The Hall–Kier alpha value is -2.89. The van der Waals surface area contributed by atoms with Gasteiger partial charge < -0.3 is 4.90 Å². The minimum Gasteiger partial charge on any atom is -0.337 e. The van der Waals surface area contributed by atoms with Crippen LogP contribution in [0.15, 0.2) is 36.4 Å². The normalized spacial score (nSPS) is 14.1. The van der Waals surface area contributed by atoms with Gasteiger partial charge in [0.15, 0.2) is 0 Å². The van der Waals surface area contributed by atoms with Crippen molar-refractivity contribution >= 4 is 5.91 Å². The Balaban J connectivity index is 1.61. The van der Waals surface area contributed by atoms with Crippen molar-refractivity contribution in [2.24, 2.45) is 7.05 Å². The fourth-order valence-electron chi connectivity index (χ4n) is 3.93. The Bertz CT molecular complexity index is 970. The summed E-state index contributed by atoms with van der Waals surface area (Å²) in [6, 6.07) is 12.2. The van der Waals surface area contributed by atoms with E-state index in [1.807, 2.05) is 54.7 Å². The third-order valence-corrected chi connectivity index (χ3v) is 5.28. The minimum atomic E-state index is 0.0690. The predicted molar refractivity (Wildman–Crippen MR) is 105 cm³/mol. The number of nitrogens with zero attached hydrogens (tertiary/aromatic N) is 5. The second-order valence-corrected chi connectivity index (χ2v) is 7.04. The van der Waals surface area contributed by atoms with Crippen LogP contribution in [-0.2, 0) is 26.4 Å². The van der Waals surface area contributed by atoms with E-state index in [1.165, 1.54) is 11.3 Å². The zero-order valence-corrected chi connectivity index (χ0v) is 16.1. The topological polar surface area (TPSA) is 56.0 Å². The molecule has 4 rings (SSSR count). The molecule has 0 radical (unpaired) electrons. The van der Waals surface area contributed by atoms with E-state index in [2.05, 4.69) is 17.2 Å². The van der Waals surface area contributed by atoms with Gasteiger partial charge in [-0.3, -0.25) is 14.2 Å². The van der Waals surface area contributed by atoms with Gasteiger partial charge in [0.1, 0.15) is 5.69 Å². The van der Waals surface area contributed by atoms with Gasteiger partial charge in [-0.15, -0.1) is 0 Å². The number of carbonyl (C=O) groups is 1. The predicted octanol–water partition coefficient (Wildman–Crippen LogP) is 2.85. The number of benzene rings is 1. The lowest BCUT2D eigenvalue weighted by molar-refractivity contribution is 0.0750. The molecule has 0 saturated carbocycles. The zero-order valence-electron chi connectivity index (χ0n) is 16.1. The number of hydrogen-bond acceptors (Lipinski definition) is 3. The smallest absolute Gasteiger partial charge is 0.272 e. The second-order valence-electron chi connectivity index (χ2n) is 7.04. The molecule has 27 heavy (non-hydrogen) atoms. The summed E-state index contributed by atoms with van der Waals surface area (Å²) in [5.41, 5.74) is 6.23. The largest absolute Gasteiger partial charge is 0.337 e. The van der Waals surface area contributed by atoms with Crippen LogP contribution in [0.3, 0.4) is 0 Å². The van der Waals surface area contributed by atoms with E-state index in [4.69, 9.17) is 5.10 Å². The number of fused-ring (bicyclic) bond motifs is 1. The van der Waals surface area contributed by atoms with Crippen LogP contribution < -0.4 is 0 Å². The van der Waals surface area contributed by atoms with Gasteiger partial charge in [-0.05, 0) is 26.3 Å². The average molecular weight is 363 g/mol. The van der Waals surface area contributed by atoms with E-state index in [0.717, 1.165) is 29.8 Å². The molecule has 0 N–H and O–H groups in total. The van der Waals surface area contributed by atoms with Crippen LogP contribution in [0.1, 0.15) is 34.4 Å². The van der Waals surface area contributed by atoms with Gasteiger partial charge in [0.2, 0.25) is 0 Å². The number of aromatic nitrogens is 4. The lowest BCUT2D eigenvalue weighted by atomic mass is 10.0. The van der Waals surface area contributed by atoms with Crippen molar-refractivity contribution in [3.63, 3.8) is 0 Å². The van der Waals surface area contributed by atoms with Gasteiger partial charge in [-0.2, -0.15) is 10.2 Å². The minimum absolute atomic E-state index is 0.0690. The molecule has 1 aromatic carbocycles. The van der Waals surface area contributed by atoms with Crippen molar-refractivity contribution in [3.8, 4) is 11.3 Å². The Kier molecular flexibility index (Phi) is 4.56. The van der Waals surface area contributed by atoms with Crippen molar-refractivity contribution in [2.75, 3.05) is 13.1 Å². The maximum absolute atomic E-state index is 13.1. The summed E-state index contributed by atoms with van der Waals surface area (Å²) >= 11 is 0. The van der Waals surface area contributed by atoms with Crippen molar-refractivity contribution in [2.45, 2.75) is 33.2 Å². The molecular formula is C21H25N5O. The number of rotatable bonds is 3. The molecule has 0 unspecified atom stereocenters. The molecule has 6 heteroatoms. The number of aryl methyl sites for hydroxylation is 3. The van der Waals surface area contributed by atoms with Gasteiger partial charge in [-0.1, -0.05) is 30.3 Å². The molecule has 0 fully saturated rings. The van der Waals surface area contributed by atoms with Gasteiger partial charge in [0.05, 0.1) is 11.4 Å². The summed E-state index contributed by atoms with van der Waals surface area (Å²) < 4.78 is 3.78. The number of carbonyl (C=O) groups excluding carboxylic acids is 1. The van der Waals surface area contributed by atoms with Gasteiger partial charge in [0.25, 0.3) is 5.91 Å². The molecule has 140 valence electrons. The van der Waals surface area contributed by atoms with Crippen molar-refractivity contribution < 1.29 is 4.79 Å². The molecule has 0 bridgehead atoms. The fraction of sp³-hybridized carbons (Fsp3) is 0.381. The third-order valence-electron chi connectivity index (χ3n) is 5.28. The van der Waals surface area contributed by atoms with Crippen molar-refractivity contribution in [1.82, 2.24) is 24.5 Å². The first-order valence-corrected chi connectivity index (χ1v) is 9.52. The monoisotopic (exact) mass is 363 g/mol. The van der Waals surface area contributed by atoms with Crippen molar-refractivity contribution in [1.29, 1.82) is 0 Å². The molecule has 3 aromatic rings. The van der Waals surface area contributed by atoms with E-state index in [-0.39, 0.29) is 5.91 Å². The highest BCUT2D eigenvalue weighted by atomic mass is 16.2. The first kappa shape index (κ1) is 17.5. The van der Waals surface area contributed by atoms with E-state index in [9.17, 15) is 4.79 Å². The average Bonchev–Trinajstić information content (AvgIpc) is 3.12. The van der Waals surface area contributed by atoms with E-state index < -0.39 is 0 Å². The standard InChI is InChI=1S/C21H25N5O/c1-4-26-19(14-15(2)22-26)21(27)25-12-10-17-18(11-13-25)24(3)23-20(17)16-8-6-5-7-9-16/h5-9,14H,4,10-13H2,1-3H3. The highest BCUT2D eigenvalue weighted by Crippen LogP contribution is 2.28. The highest BCUT2D eigenvalue weighted by molar-refractivity contribution is 5.92. The van der Waals surface area contributed by atoms with Crippen LogP contribution in [0.5, 0.6) is 0 Å². The lowest BCUT2D eigenvalue weighted by Crippen LogP contribution is -2.35. The van der Waals surface area contributed by atoms with Gasteiger partial charge in [-0.25, -0.2) is 0 Å². The Morgan fingerprint density at radius 3 is 2.59 bits per heavy atom. The Morgan fingerprint density at radius 2 is 1.85 bits per heavy atom. The molecule has 0 aliphatic carbocycles. The lowest BCUT2D eigenvalue weighted by Gasteiger charge is -2.20. The van der Waals surface area contributed by atoms with Gasteiger partial charge >= 0.3 is 0 Å². The first-order valence-electron chi connectivity index (χ1n) is 9.52. The quantitative estimate of drug-likeness (QED) is 0.719. The number of amides is 1. The Morgan fingerprint density at radius 1 is 1.11 bits per heavy atom. The summed E-state index contributed by atoms with van der Waals surface area (Å²) in [5.74, 6) is 0.0690. The summed E-state index contributed by atoms with van der Waals surface area (Å²) in [4.78, 5) is 15.1. The molecule has 1 aliphatic heterocycles. The highest BCUT2D eigenvalue weighted by Gasteiger charge is 2.26.